The minimum atomic E-state index is -0.0504. The number of amides is 2. The van der Waals surface area contributed by atoms with Gasteiger partial charge in [-0.1, -0.05) is 49.6 Å². The first-order chi connectivity index (χ1) is 13.0. The lowest BCUT2D eigenvalue weighted by Crippen LogP contribution is -2.63. The molecule has 0 radical (unpaired) electrons. The molecule has 2 unspecified atom stereocenters. The van der Waals surface area contributed by atoms with Gasteiger partial charge in [0.05, 0.1) is 17.8 Å². The zero-order valence-corrected chi connectivity index (χ0v) is 16.6. The van der Waals surface area contributed by atoms with Gasteiger partial charge in [0.2, 0.25) is 0 Å². The maximum atomic E-state index is 13.1. The summed E-state index contributed by atoms with van der Waals surface area (Å²) in [4.78, 5) is 15.2. The van der Waals surface area contributed by atoms with E-state index in [0.717, 1.165) is 17.8 Å². The molecule has 1 spiro atoms. The van der Waals surface area contributed by atoms with Crippen LogP contribution in [0, 0.1) is 12.3 Å². The first kappa shape index (κ1) is 18.1. The third kappa shape index (κ3) is 3.24. The maximum absolute atomic E-state index is 13.1. The molecule has 1 saturated carbocycles. The second-order valence-corrected chi connectivity index (χ2v) is 8.38. The van der Waals surface area contributed by atoms with Gasteiger partial charge >= 0.3 is 6.03 Å². The number of benzene rings is 1. The van der Waals surface area contributed by atoms with E-state index in [9.17, 15) is 4.79 Å². The minimum absolute atomic E-state index is 0.0378. The molecule has 1 aliphatic carbocycles. The van der Waals surface area contributed by atoms with Gasteiger partial charge in [-0.3, -0.25) is 4.68 Å². The lowest BCUT2D eigenvalue weighted by molar-refractivity contribution is -0.0700. The van der Waals surface area contributed by atoms with Gasteiger partial charge in [0.1, 0.15) is 0 Å². The monoisotopic (exact) mass is 366 g/mol. The molecule has 144 valence electrons. The van der Waals surface area contributed by atoms with Gasteiger partial charge in [-0.2, -0.15) is 5.10 Å². The lowest BCUT2D eigenvalue weighted by Gasteiger charge is -2.59. The van der Waals surface area contributed by atoms with Gasteiger partial charge in [0, 0.05) is 30.8 Å². The molecular formula is C22H30N4O. The lowest BCUT2D eigenvalue weighted by atomic mass is 9.61. The molecule has 2 fully saturated rings. The van der Waals surface area contributed by atoms with Crippen LogP contribution < -0.4 is 5.32 Å². The molecule has 1 saturated heterocycles. The number of aromatic nitrogens is 2. The Bertz CT molecular complexity index is 807. The van der Waals surface area contributed by atoms with E-state index in [0.29, 0.717) is 0 Å². The maximum Gasteiger partial charge on any atom is 0.318 e. The average Bonchev–Trinajstić information content (AvgIpc) is 3.00. The second kappa shape index (κ2) is 7.02. The summed E-state index contributed by atoms with van der Waals surface area (Å²) in [6.45, 7) is 4.90. The fraction of sp³-hybridized carbons (Fsp3) is 0.545. The van der Waals surface area contributed by atoms with Crippen LogP contribution in [0.4, 0.5) is 4.79 Å². The third-order valence-electron chi connectivity index (χ3n) is 6.46. The van der Waals surface area contributed by atoms with Crippen LogP contribution in [-0.2, 0) is 7.05 Å². The van der Waals surface area contributed by atoms with E-state index in [4.69, 9.17) is 0 Å². The molecular weight excluding hydrogens is 336 g/mol. The van der Waals surface area contributed by atoms with Crippen LogP contribution in [0.3, 0.4) is 0 Å². The first-order valence-electron chi connectivity index (χ1n) is 10.1. The van der Waals surface area contributed by atoms with E-state index in [2.05, 4.69) is 34.7 Å². The largest absolute Gasteiger partial charge is 0.331 e. The minimum Gasteiger partial charge on any atom is -0.331 e. The second-order valence-electron chi connectivity index (χ2n) is 8.38. The number of aryl methyl sites for hydroxylation is 2. The van der Waals surface area contributed by atoms with Crippen molar-refractivity contribution in [1.29, 1.82) is 0 Å². The molecule has 5 nitrogen and oxygen atoms in total. The van der Waals surface area contributed by atoms with Crippen LogP contribution >= 0.6 is 0 Å². The van der Waals surface area contributed by atoms with E-state index in [1.165, 1.54) is 37.7 Å². The summed E-state index contributed by atoms with van der Waals surface area (Å²) >= 11 is 0. The van der Waals surface area contributed by atoms with E-state index in [1.54, 1.807) is 4.68 Å². The summed E-state index contributed by atoms with van der Waals surface area (Å²) in [5, 5.41) is 7.61. The molecule has 27 heavy (non-hydrogen) atoms. The number of hydrogen-bond donors (Lipinski definition) is 1. The number of carbonyl (C=O) groups excluding carboxylic acids is 1. The van der Waals surface area contributed by atoms with Crippen LogP contribution in [0.5, 0.6) is 0 Å². The van der Waals surface area contributed by atoms with Crippen LogP contribution in [0.25, 0.3) is 0 Å². The zero-order chi connectivity index (χ0) is 19.0. The van der Waals surface area contributed by atoms with E-state index < -0.39 is 0 Å². The molecule has 4 rings (SSSR count). The smallest absolute Gasteiger partial charge is 0.318 e. The number of rotatable bonds is 3. The van der Waals surface area contributed by atoms with E-state index >= 15 is 0 Å². The topological polar surface area (TPSA) is 50.2 Å². The molecule has 2 aliphatic rings. The molecule has 5 heteroatoms. The van der Waals surface area contributed by atoms with Crippen molar-refractivity contribution in [3.8, 4) is 0 Å². The van der Waals surface area contributed by atoms with Crippen LogP contribution in [0.15, 0.2) is 36.5 Å². The number of nitrogens with one attached hydrogen (secondary N) is 1. The summed E-state index contributed by atoms with van der Waals surface area (Å²) in [5.41, 5.74) is 3.59. The highest BCUT2D eigenvalue weighted by Gasteiger charge is 2.55. The molecule has 2 heterocycles. The number of carbonyl (C=O) groups is 1. The molecule has 2 atom stereocenters. The Kier molecular flexibility index (Phi) is 4.70. The number of hydrogen-bond acceptors (Lipinski definition) is 2. The predicted molar refractivity (Wildman–Crippen MR) is 106 cm³/mol. The van der Waals surface area contributed by atoms with Crippen molar-refractivity contribution >= 4 is 6.03 Å². The molecule has 2 amide bonds. The highest BCUT2D eigenvalue weighted by atomic mass is 16.2. The quantitative estimate of drug-likeness (QED) is 0.869. The average molecular weight is 367 g/mol. The SMILES string of the molecule is Cc1nn(C)cc1C(C)NC(=O)N1CC2(CCCCC2)C1c1ccccc1. The summed E-state index contributed by atoms with van der Waals surface area (Å²) in [6, 6.07) is 10.8. The fourth-order valence-electron chi connectivity index (χ4n) is 5.17. The Labute approximate surface area is 161 Å². The van der Waals surface area contributed by atoms with E-state index in [1.807, 2.05) is 38.1 Å². The van der Waals surface area contributed by atoms with Crippen molar-refractivity contribution in [3.63, 3.8) is 0 Å². The van der Waals surface area contributed by atoms with Gasteiger partial charge in [0.15, 0.2) is 0 Å². The van der Waals surface area contributed by atoms with E-state index in [-0.39, 0.29) is 23.5 Å². The third-order valence-corrected chi connectivity index (χ3v) is 6.46. The molecule has 0 bridgehead atoms. The van der Waals surface area contributed by atoms with Crippen molar-refractivity contribution in [2.75, 3.05) is 6.54 Å². The van der Waals surface area contributed by atoms with Crippen molar-refractivity contribution < 1.29 is 4.79 Å². The van der Waals surface area contributed by atoms with Crippen molar-refractivity contribution in [2.24, 2.45) is 12.5 Å². The molecule has 1 N–H and O–H groups in total. The van der Waals surface area contributed by atoms with Gasteiger partial charge < -0.3 is 10.2 Å². The van der Waals surface area contributed by atoms with Crippen molar-refractivity contribution in [2.45, 2.75) is 58.0 Å². The van der Waals surface area contributed by atoms with Gasteiger partial charge in [-0.15, -0.1) is 0 Å². The van der Waals surface area contributed by atoms with Gasteiger partial charge in [-0.05, 0) is 32.3 Å². The standard InChI is InChI=1S/C22H30N4O/c1-16(19-14-25(3)24-17(19)2)23-21(27)26-15-22(12-8-5-9-13-22)20(26)18-10-6-4-7-11-18/h4,6-7,10-11,14,16,20H,5,8-9,12-13,15H2,1-3H3,(H,23,27). The fourth-order valence-corrected chi connectivity index (χ4v) is 5.17. The highest BCUT2D eigenvalue weighted by Crippen LogP contribution is 2.56. The van der Waals surface area contributed by atoms with Crippen molar-refractivity contribution in [1.82, 2.24) is 20.0 Å². The highest BCUT2D eigenvalue weighted by molar-refractivity contribution is 5.77. The van der Waals surface area contributed by atoms with Crippen LogP contribution in [0.2, 0.25) is 0 Å². The molecule has 2 aromatic rings. The summed E-state index contributed by atoms with van der Waals surface area (Å²) < 4.78 is 1.81. The summed E-state index contributed by atoms with van der Waals surface area (Å²) in [6.07, 6.45) is 8.34. The molecule has 1 aliphatic heterocycles. The normalized spacial score (nSPS) is 22.3. The van der Waals surface area contributed by atoms with Crippen LogP contribution in [0.1, 0.15) is 67.9 Å². The Morgan fingerprint density at radius 1 is 1.22 bits per heavy atom. The number of urea groups is 1. The Balaban J connectivity index is 1.53. The Morgan fingerprint density at radius 2 is 1.93 bits per heavy atom. The Morgan fingerprint density at radius 3 is 2.56 bits per heavy atom. The first-order valence-corrected chi connectivity index (χ1v) is 10.1. The van der Waals surface area contributed by atoms with Gasteiger partial charge in [0.25, 0.3) is 0 Å². The number of likely N-dealkylation sites (tertiary alicyclic amines) is 1. The van der Waals surface area contributed by atoms with Crippen LogP contribution in [-0.4, -0.2) is 27.3 Å². The molecule has 1 aromatic carbocycles. The molecule has 1 aromatic heterocycles. The number of nitrogens with zero attached hydrogens (tertiary/aromatic N) is 3. The Hall–Kier alpha value is -2.30. The zero-order valence-electron chi connectivity index (χ0n) is 16.6. The summed E-state index contributed by atoms with van der Waals surface area (Å²) in [5.74, 6) is 0. The van der Waals surface area contributed by atoms with Gasteiger partial charge in [-0.25, -0.2) is 4.79 Å². The predicted octanol–water partition coefficient (Wildman–Crippen LogP) is 4.51. The summed E-state index contributed by atoms with van der Waals surface area (Å²) in [7, 11) is 1.92. The van der Waals surface area contributed by atoms with Crippen molar-refractivity contribution in [3.05, 3.63) is 53.3 Å².